The van der Waals surface area contributed by atoms with Gasteiger partial charge in [0.1, 0.15) is 34.9 Å². The van der Waals surface area contributed by atoms with Gasteiger partial charge in [-0.3, -0.25) is 0 Å². The lowest BCUT2D eigenvalue weighted by molar-refractivity contribution is -0.349. The molecule has 1 heterocycles. The third kappa shape index (κ3) is 3.82. The summed E-state index contributed by atoms with van der Waals surface area (Å²) in [6, 6.07) is 14.2. The summed E-state index contributed by atoms with van der Waals surface area (Å²) in [5.41, 5.74) is -2.08. The van der Waals surface area contributed by atoms with Crippen molar-refractivity contribution in [2.45, 2.75) is 40.3 Å². The van der Waals surface area contributed by atoms with Crippen LogP contribution in [-0.4, -0.2) is 72.5 Å². The molecule has 5 N–H and O–H groups in total. The van der Waals surface area contributed by atoms with Gasteiger partial charge in [-0.1, -0.05) is 30.3 Å². The average molecular weight is 424 g/mol. The maximum atomic E-state index is 13.2. The lowest BCUT2D eigenvalue weighted by atomic mass is 9.81. The molecule has 2 aromatic rings. The summed E-state index contributed by atoms with van der Waals surface area (Å²) in [5, 5.41) is 50.3. The summed E-state index contributed by atoms with van der Waals surface area (Å²) in [5.74, 6) is 0.560. The molecule has 3 rings (SSSR count). The highest BCUT2D eigenvalue weighted by molar-refractivity contribution is 7.86. The molecule has 6 atom stereocenters. The van der Waals surface area contributed by atoms with Gasteiger partial charge in [-0.05, 0) is 29.8 Å². The van der Waals surface area contributed by atoms with Crippen molar-refractivity contribution < 1.29 is 39.2 Å². The molecule has 9 heteroatoms. The number of ether oxygens (including phenoxy) is 2. The topological polar surface area (TPSA) is 137 Å². The predicted molar refractivity (Wildman–Crippen MR) is 103 cm³/mol. The Kier molecular flexibility index (Phi) is 6.39. The highest BCUT2D eigenvalue weighted by atomic mass is 32.2. The van der Waals surface area contributed by atoms with Crippen molar-refractivity contribution in [3.63, 3.8) is 0 Å². The summed E-state index contributed by atoms with van der Waals surface area (Å²) in [6.45, 7) is -0.759. The molecule has 0 radical (unpaired) electrons. The molecular weight excluding hydrogens is 400 g/mol. The molecule has 0 bridgehead atoms. The number of rotatable bonds is 6. The maximum Gasteiger partial charge on any atom is 0.282 e. The first-order valence-electron chi connectivity index (χ1n) is 8.96. The quantitative estimate of drug-likeness (QED) is 0.420. The molecule has 0 aromatic heterocycles. The summed E-state index contributed by atoms with van der Waals surface area (Å²) < 4.78 is 23.7. The third-order valence-corrected chi connectivity index (χ3v) is 6.73. The lowest BCUT2D eigenvalue weighted by Gasteiger charge is -2.52. The summed E-state index contributed by atoms with van der Waals surface area (Å²) in [7, 11) is -0.872. The summed E-state index contributed by atoms with van der Waals surface area (Å²) in [4.78, 5) is 0.142. The van der Waals surface area contributed by atoms with E-state index in [0.29, 0.717) is 11.3 Å². The zero-order valence-corrected chi connectivity index (χ0v) is 16.5. The highest BCUT2D eigenvalue weighted by Gasteiger charge is 2.66. The van der Waals surface area contributed by atoms with Crippen LogP contribution in [-0.2, 0) is 22.0 Å². The monoisotopic (exact) mass is 424 g/mol. The summed E-state index contributed by atoms with van der Waals surface area (Å²) >= 11 is 0. The van der Waals surface area contributed by atoms with Crippen molar-refractivity contribution in [3.05, 3.63) is 60.2 Å². The van der Waals surface area contributed by atoms with Gasteiger partial charge in [0.25, 0.3) is 5.12 Å². The Morgan fingerprint density at radius 3 is 2.24 bits per heavy atom. The van der Waals surface area contributed by atoms with Crippen LogP contribution >= 0.6 is 0 Å². The molecule has 0 aliphatic carbocycles. The lowest BCUT2D eigenvalue weighted by Crippen LogP contribution is -2.75. The van der Waals surface area contributed by atoms with E-state index in [2.05, 4.69) is 0 Å². The van der Waals surface area contributed by atoms with Crippen LogP contribution in [0.3, 0.4) is 0 Å². The predicted octanol–water partition coefficient (Wildman–Crippen LogP) is -0.464. The SMILES string of the molecule is COc1ccc(C[C@]2(O)[C@H](O)[C@H](O)[C@H](CO)O[C@@]2(O)S(=O)c2ccccc2)cc1. The highest BCUT2D eigenvalue weighted by Crippen LogP contribution is 2.43. The number of hydrogen-bond acceptors (Lipinski definition) is 8. The Morgan fingerprint density at radius 1 is 1.07 bits per heavy atom. The number of hydrogen-bond donors (Lipinski definition) is 5. The minimum absolute atomic E-state index is 0.142. The fraction of sp³-hybridized carbons (Fsp3) is 0.400. The number of aliphatic hydroxyl groups excluding tert-OH is 3. The van der Waals surface area contributed by atoms with Gasteiger partial charge in [-0.25, -0.2) is 4.21 Å². The normalized spacial score (nSPS) is 33.2. The minimum Gasteiger partial charge on any atom is -0.497 e. The fourth-order valence-electron chi connectivity index (χ4n) is 3.37. The molecule has 2 aromatic carbocycles. The van der Waals surface area contributed by atoms with Gasteiger partial charge in [0.2, 0.25) is 0 Å². The van der Waals surface area contributed by atoms with Gasteiger partial charge in [0.15, 0.2) is 5.60 Å². The summed E-state index contributed by atoms with van der Waals surface area (Å²) in [6.07, 6.45) is -5.49. The van der Waals surface area contributed by atoms with Crippen LogP contribution in [0.1, 0.15) is 5.56 Å². The number of aliphatic hydroxyl groups is 5. The molecule has 1 saturated heterocycles. The van der Waals surface area contributed by atoms with E-state index in [4.69, 9.17) is 9.47 Å². The van der Waals surface area contributed by atoms with Crippen molar-refractivity contribution in [2.75, 3.05) is 13.7 Å². The van der Waals surface area contributed by atoms with Gasteiger partial charge in [0, 0.05) is 11.3 Å². The van der Waals surface area contributed by atoms with E-state index < -0.39 is 46.4 Å². The number of methoxy groups -OCH3 is 1. The Balaban J connectivity index is 2.06. The van der Waals surface area contributed by atoms with E-state index in [1.54, 1.807) is 42.5 Å². The van der Waals surface area contributed by atoms with Gasteiger partial charge >= 0.3 is 0 Å². The van der Waals surface area contributed by atoms with Crippen LogP contribution < -0.4 is 4.74 Å². The van der Waals surface area contributed by atoms with E-state index in [1.807, 2.05) is 0 Å². The average Bonchev–Trinajstić information content (AvgIpc) is 2.75. The standard InChI is InChI=1S/C20H24O8S/c1-27-14-9-7-13(8-10-14)11-19(24)18(23)17(22)16(12-21)28-20(19,25)29(26)15-5-3-2-4-6-15/h2-10,16-18,21-25H,11-12H2,1H3/t16-,17+,18+,19-,20+,29?/m0/s1. The molecule has 1 unspecified atom stereocenters. The zero-order valence-electron chi connectivity index (χ0n) is 15.7. The van der Waals surface area contributed by atoms with Crippen LogP contribution in [0.4, 0.5) is 0 Å². The zero-order chi connectivity index (χ0) is 21.2. The van der Waals surface area contributed by atoms with Crippen molar-refractivity contribution in [1.82, 2.24) is 0 Å². The van der Waals surface area contributed by atoms with Gasteiger partial charge in [-0.15, -0.1) is 0 Å². The first-order valence-corrected chi connectivity index (χ1v) is 10.1. The van der Waals surface area contributed by atoms with E-state index in [1.165, 1.54) is 19.2 Å². The van der Waals surface area contributed by atoms with Crippen LogP contribution in [0.15, 0.2) is 59.5 Å². The Hall–Kier alpha value is -1.85. The van der Waals surface area contributed by atoms with Crippen LogP contribution in [0.5, 0.6) is 5.75 Å². The molecule has 1 aliphatic rings. The first-order chi connectivity index (χ1) is 13.8. The molecule has 1 aliphatic heterocycles. The molecule has 158 valence electrons. The van der Waals surface area contributed by atoms with Crippen molar-refractivity contribution in [3.8, 4) is 5.75 Å². The molecular formula is C20H24O8S. The van der Waals surface area contributed by atoms with Gasteiger partial charge in [0.05, 0.1) is 13.7 Å². The second-order valence-electron chi connectivity index (χ2n) is 6.89. The fourth-order valence-corrected chi connectivity index (χ4v) is 4.82. The van der Waals surface area contributed by atoms with Crippen molar-refractivity contribution in [1.29, 1.82) is 0 Å². The van der Waals surface area contributed by atoms with Gasteiger partial charge in [-0.2, -0.15) is 0 Å². The Bertz CT molecular complexity index is 845. The minimum atomic E-state index is -2.81. The largest absolute Gasteiger partial charge is 0.497 e. The molecule has 8 nitrogen and oxygen atoms in total. The van der Waals surface area contributed by atoms with E-state index >= 15 is 0 Å². The molecule has 0 amide bonds. The van der Waals surface area contributed by atoms with E-state index in [9.17, 15) is 29.7 Å². The Morgan fingerprint density at radius 2 is 1.69 bits per heavy atom. The van der Waals surface area contributed by atoms with Gasteiger partial charge < -0.3 is 35.0 Å². The van der Waals surface area contributed by atoms with Crippen LogP contribution in [0.2, 0.25) is 0 Å². The van der Waals surface area contributed by atoms with Crippen molar-refractivity contribution in [2.24, 2.45) is 0 Å². The molecule has 0 saturated carbocycles. The number of benzene rings is 2. The second kappa shape index (κ2) is 8.49. The van der Waals surface area contributed by atoms with Crippen molar-refractivity contribution >= 4 is 10.8 Å². The van der Waals surface area contributed by atoms with Crippen LogP contribution in [0, 0.1) is 0 Å². The van der Waals surface area contributed by atoms with E-state index in [0.717, 1.165) is 0 Å². The second-order valence-corrected chi connectivity index (χ2v) is 8.45. The molecule has 29 heavy (non-hydrogen) atoms. The maximum absolute atomic E-state index is 13.2. The third-order valence-electron chi connectivity index (χ3n) is 5.07. The van der Waals surface area contributed by atoms with Crippen LogP contribution in [0.25, 0.3) is 0 Å². The first kappa shape index (κ1) is 21.8. The Labute approximate surface area is 170 Å². The molecule has 0 spiro atoms. The smallest absolute Gasteiger partial charge is 0.282 e. The molecule has 1 fully saturated rings. The van der Waals surface area contributed by atoms with E-state index in [-0.39, 0.29) is 11.3 Å².